The number of hydrogen-bond donors (Lipinski definition) is 3. The van der Waals surface area contributed by atoms with E-state index >= 15 is 0 Å². The SMILES string of the molecule is CNCCC(=O)N1CCC(CCn2c(Sc3cc4c(cc3Br)OCO4)nc3c(N)ncnc32)CC1.N. The third kappa shape index (κ3) is 5.53. The van der Waals surface area contributed by atoms with Gasteiger partial charge in [-0.15, -0.1) is 0 Å². The molecule has 2 aliphatic heterocycles. The summed E-state index contributed by atoms with van der Waals surface area (Å²) in [6.07, 6.45) is 5.02. The van der Waals surface area contributed by atoms with Crippen LogP contribution >= 0.6 is 27.7 Å². The van der Waals surface area contributed by atoms with E-state index in [1.54, 1.807) is 0 Å². The van der Waals surface area contributed by atoms with Crippen LogP contribution in [-0.4, -0.2) is 63.8 Å². The molecule has 2 aliphatic rings. The van der Waals surface area contributed by atoms with Crippen molar-refractivity contribution in [3.05, 3.63) is 22.9 Å². The molecule has 0 atom stereocenters. The maximum absolute atomic E-state index is 12.3. The molecule has 2 aromatic heterocycles. The van der Waals surface area contributed by atoms with Gasteiger partial charge in [0.2, 0.25) is 12.7 Å². The largest absolute Gasteiger partial charge is 0.454 e. The number of halogens is 1. The summed E-state index contributed by atoms with van der Waals surface area (Å²) in [5.74, 6) is 2.58. The Kier molecular flexibility index (Phi) is 8.54. The highest BCUT2D eigenvalue weighted by atomic mass is 79.9. The first-order valence-electron chi connectivity index (χ1n) is 11.7. The number of nitrogens with one attached hydrogen (secondary N) is 1. The van der Waals surface area contributed by atoms with E-state index in [1.165, 1.54) is 18.1 Å². The summed E-state index contributed by atoms with van der Waals surface area (Å²) in [5, 5.41) is 3.84. The van der Waals surface area contributed by atoms with Crippen LogP contribution in [0.25, 0.3) is 11.2 Å². The molecule has 1 saturated heterocycles. The van der Waals surface area contributed by atoms with Crippen LogP contribution in [0, 0.1) is 5.92 Å². The number of benzene rings is 1. The van der Waals surface area contributed by atoms with Gasteiger partial charge in [0, 0.05) is 42.0 Å². The van der Waals surface area contributed by atoms with Gasteiger partial charge in [0.05, 0.1) is 0 Å². The second-order valence-corrected chi connectivity index (χ2v) is 10.5. The molecule has 36 heavy (non-hydrogen) atoms. The molecule has 0 unspecified atom stereocenters. The maximum atomic E-state index is 12.3. The number of nitrogens with two attached hydrogens (primary N) is 1. The zero-order chi connectivity index (χ0) is 24.4. The Balaban J connectivity index is 0.00000304. The smallest absolute Gasteiger partial charge is 0.231 e. The first-order valence-corrected chi connectivity index (χ1v) is 13.3. The quantitative estimate of drug-likeness (QED) is 0.361. The van der Waals surface area contributed by atoms with Crippen molar-refractivity contribution in [3.63, 3.8) is 0 Å². The van der Waals surface area contributed by atoms with Gasteiger partial charge in [0.1, 0.15) is 6.33 Å². The van der Waals surface area contributed by atoms with Crippen LogP contribution in [0.4, 0.5) is 5.82 Å². The van der Waals surface area contributed by atoms with Crippen molar-refractivity contribution in [2.24, 2.45) is 5.92 Å². The molecule has 11 nitrogen and oxygen atoms in total. The van der Waals surface area contributed by atoms with Gasteiger partial charge in [0.15, 0.2) is 33.6 Å². The highest BCUT2D eigenvalue weighted by Crippen LogP contribution is 2.43. The molecule has 0 bridgehead atoms. The number of ether oxygens (including phenoxy) is 2. The molecule has 6 N–H and O–H groups in total. The molecule has 3 aromatic rings. The molecule has 13 heteroatoms. The summed E-state index contributed by atoms with van der Waals surface area (Å²) in [7, 11) is 1.87. The molecule has 194 valence electrons. The number of aryl methyl sites for hydroxylation is 1. The molecule has 1 aromatic carbocycles. The fraction of sp³-hybridized carbons (Fsp3) is 0.478. The van der Waals surface area contributed by atoms with E-state index in [0.717, 1.165) is 71.4 Å². The average molecular weight is 580 g/mol. The molecule has 0 saturated carbocycles. The van der Waals surface area contributed by atoms with Gasteiger partial charge in [-0.1, -0.05) is 11.8 Å². The maximum Gasteiger partial charge on any atom is 0.231 e. The molecule has 0 radical (unpaired) electrons. The Morgan fingerprint density at radius 1 is 1.25 bits per heavy atom. The van der Waals surface area contributed by atoms with Crippen LogP contribution in [0.5, 0.6) is 11.5 Å². The summed E-state index contributed by atoms with van der Waals surface area (Å²) in [4.78, 5) is 28.7. The monoisotopic (exact) mass is 578 g/mol. The molecule has 5 rings (SSSR count). The number of likely N-dealkylation sites (tertiary alicyclic amines) is 1. The number of carbonyl (C=O) groups excluding carboxylic acids is 1. The number of carbonyl (C=O) groups is 1. The van der Waals surface area contributed by atoms with Gasteiger partial charge < -0.3 is 36.1 Å². The van der Waals surface area contributed by atoms with E-state index in [-0.39, 0.29) is 18.9 Å². The van der Waals surface area contributed by atoms with Crippen molar-refractivity contribution in [1.29, 1.82) is 0 Å². The zero-order valence-corrected chi connectivity index (χ0v) is 22.6. The molecule has 1 fully saturated rings. The first kappa shape index (κ1) is 26.5. The number of rotatable bonds is 8. The van der Waals surface area contributed by atoms with E-state index in [2.05, 4.69) is 35.8 Å². The Morgan fingerprint density at radius 2 is 2.00 bits per heavy atom. The minimum Gasteiger partial charge on any atom is -0.454 e. The average Bonchev–Trinajstić information content (AvgIpc) is 3.46. The third-order valence-electron chi connectivity index (χ3n) is 6.47. The summed E-state index contributed by atoms with van der Waals surface area (Å²) < 4.78 is 14.1. The lowest BCUT2D eigenvalue weighted by Crippen LogP contribution is -2.39. The topological polar surface area (TPSA) is 155 Å². The first-order chi connectivity index (χ1) is 17.0. The second kappa shape index (κ2) is 11.6. The van der Waals surface area contributed by atoms with Crippen LogP contribution in [0.2, 0.25) is 0 Å². The number of aromatic nitrogens is 4. The predicted octanol–water partition coefficient (Wildman–Crippen LogP) is 3.45. The van der Waals surface area contributed by atoms with E-state index in [0.29, 0.717) is 29.4 Å². The lowest BCUT2D eigenvalue weighted by atomic mass is 9.93. The van der Waals surface area contributed by atoms with Gasteiger partial charge in [0.25, 0.3) is 0 Å². The summed E-state index contributed by atoms with van der Waals surface area (Å²) in [5.41, 5.74) is 7.47. The highest BCUT2D eigenvalue weighted by Gasteiger charge is 2.24. The molecule has 0 spiro atoms. The van der Waals surface area contributed by atoms with Crippen molar-refractivity contribution in [3.8, 4) is 11.5 Å². The number of hydrogen-bond acceptors (Lipinski definition) is 10. The van der Waals surface area contributed by atoms with Gasteiger partial charge >= 0.3 is 0 Å². The van der Waals surface area contributed by atoms with Crippen molar-refractivity contribution in [2.45, 2.75) is 42.3 Å². The second-order valence-electron chi connectivity index (χ2n) is 8.68. The minimum absolute atomic E-state index is 0. The molecular weight excluding hydrogens is 548 g/mol. The summed E-state index contributed by atoms with van der Waals surface area (Å²) in [6.45, 7) is 3.34. The Hall–Kier alpha value is -2.61. The van der Waals surface area contributed by atoms with Gasteiger partial charge in [-0.25, -0.2) is 15.0 Å². The summed E-state index contributed by atoms with van der Waals surface area (Å²) in [6, 6.07) is 3.87. The van der Waals surface area contributed by atoms with E-state index in [9.17, 15) is 4.79 Å². The highest BCUT2D eigenvalue weighted by molar-refractivity contribution is 9.10. The van der Waals surface area contributed by atoms with Crippen LogP contribution in [0.15, 0.2) is 33.0 Å². The van der Waals surface area contributed by atoms with E-state index < -0.39 is 0 Å². The van der Waals surface area contributed by atoms with Crippen LogP contribution in [-0.2, 0) is 11.3 Å². The van der Waals surface area contributed by atoms with Crippen molar-refractivity contribution in [2.75, 3.05) is 39.2 Å². The van der Waals surface area contributed by atoms with Crippen LogP contribution in [0.3, 0.4) is 0 Å². The standard InChI is InChI=1S/C23H28BrN7O3S.H3N/c1-26-6-2-19(32)30-7-3-14(4-8-30)5-9-31-22-20(21(25)27-12-28-22)29-23(31)35-18-11-17-16(10-15(18)24)33-13-34-17;/h10-12,14,26H,2-9,13H2,1H3,(H2,25,27,28);1H3. The molecule has 0 aliphatic carbocycles. The van der Waals surface area contributed by atoms with E-state index in [4.69, 9.17) is 20.2 Å². The molecule has 1 amide bonds. The van der Waals surface area contributed by atoms with Gasteiger partial charge in [-0.3, -0.25) is 4.79 Å². The Morgan fingerprint density at radius 3 is 2.75 bits per heavy atom. The Labute approximate surface area is 222 Å². The van der Waals surface area contributed by atoms with Crippen molar-refractivity contribution in [1.82, 2.24) is 35.9 Å². The predicted molar refractivity (Wildman–Crippen MR) is 142 cm³/mol. The summed E-state index contributed by atoms with van der Waals surface area (Å²) >= 11 is 5.17. The molecule has 4 heterocycles. The number of anilines is 1. The fourth-order valence-electron chi connectivity index (χ4n) is 4.46. The number of amides is 1. The van der Waals surface area contributed by atoms with Gasteiger partial charge in [-0.2, -0.15) is 0 Å². The minimum atomic E-state index is 0. The van der Waals surface area contributed by atoms with Crippen LogP contribution < -0.4 is 26.7 Å². The number of nitrogen functional groups attached to an aromatic ring is 1. The third-order valence-corrected chi connectivity index (χ3v) is 8.44. The number of fused-ring (bicyclic) bond motifs is 2. The lowest BCUT2D eigenvalue weighted by Gasteiger charge is -2.32. The lowest BCUT2D eigenvalue weighted by molar-refractivity contribution is -0.132. The molecular formula is C23H31BrN8O3S. The fourth-order valence-corrected chi connectivity index (χ4v) is 5.97. The van der Waals surface area contributed by atoms with Crippen molar-refractivity contribution >= 4 is 50.6 Å². The number of piperidine rings is 1. The zero-order valence-electron chi connectivity index (χ0n) is 20.2. The van der Waals surface area contributed by atoms with E-state index in [1.807, 2.05) is 24.1 Å². The Bertz CT molecular complexity index is 1230. The number of nitrogens with zero attached hydrogens (tertiary/aromatic N) is 5. The number of imidazole rings is 1. The van der Waals surface area contributed by atoms with Crippen LogP contribution in [0.1, 0.15) is 25.7 Å². The van der Waals surface area contributed by atoms with Gasteiger partial charge in [-0.05, 0) is 60.3 Å². The normalized spacial score (nSPS) is 15.3. The van der Waals surface area contributed by atoms with Crippen molar-refractivity contribution < 1.29 is 14.3 Å².